The number of hydrogen-bond donors (Lipinski definition) is 2. The van der Waals surface area contributed by atoms with E-state index in [1.807, 2.05) is 0 Å². The fourth-order valence-corrected chi connectivity index (χ4v) is 3.61. The number of ether oxygens (including phenoxy) is 1. The molecule has 1 aliphatic rings. The third kappa shape index (κ3) is 4.26. The van der Waals surface area contributed by atoms with Crippen LogP contribution in [0.3, 0.4) is 0 Å². The van der Waals surface area contributed by atoms with Crippen LogP contribution in [0.1, 0.15) is 18.1 Å². The predicted octanol–water partition coefficient (Wildman–Crippen LogP) is 5.03. The molecule has 0 bridgehead atoms. The van der Waals surface area contributed by atoms with Gasteiger partial charge in [0.2, 0.25) is 0 Å². The molecule has 0 unspecified atom stereocenters. The zero-order valence-corrected chi connectivity index (χ0v) is 16.1. The van der Waals surface area contributed by atoms with E-state index in [9.17, 15) is 19.4 Å². The molecule has 5 nitrogen and oxygen atoms in total. The van der Waals surface area contributed by atoms with Gasteiger partial charge < -0.3 is 14.9 Å². The first-order valence-electron chi connectivity index (χ1n) is 8.53. The number of esters is 1. The SMILES string of the molecule is CCOC(=O)C1=C(O)C(=Cc2ccc(O)c(C)c2)SC1=Nc1cccc(F)c1. The highest BCUT2D eigenvalue weighted by Crippen LogP contribution is 2.40. The normalized spacial score (nSPS) is 16.8. The van der Waals surface area contributed by atoms with E-state index in [0.29, 0.717) is 16.2 Å². The second-order valence-electron chi connectivity index (χ2n) is 6.00. The smallest absolute Gasteiger partial charge is 0.344 e. The van der Waals surface area contributed by atoms with E-state index in [0.717, 1.165) is 17.3 Å². The van der Waals surface area contributed by atoms with Crippen LogP contribution in [0.4, 0.5) is 10.1 Å². The zero-order valence-electron chi connectivity index (χ0n) is 15.3. The molecule has 28 heavy (non-hydrogen) atoms. The molecule has 0 fully saturated rings. The molecule has 0 atom stereocenters. The van der Waals surface area contributed by atoms with Crippen LogP contribution < -0.4 is 0 Å². The number of carbonyl (C=O) groups is 1. The largest absolute Gasteiger partial charge is 0.508 e. The Morgan fingerprint density at radius 2 is 2.04 bits per heavy atom. The van der Waals surface area contributed by atoms with Gasteiger partial charge in [-0.2, -0.15) is 0 Å². The molecule has 2 N–H and O–H groups in total. The number of hydrogen-bond acceptors (Lipinski definition) is 6. The summed E-state index contributed by atoms with van der Waals surface area (Å²) in [6, 6.07) is 10.6. The number of carbonyl (C=O) groups excluding carboxylic acids is 1. The molecule has 144 valence electrons. The van der Waals surface area contributed by atoms with Crippen molar-refractivity contribution in [2.75, 3.05) is 6.61 Å². The van der Waals surface area contributed by atoms with Crippen LogP contribution in [0, 0.1) is 12.7 Å². The molecule has 1 aliphatic heterocycles. The van der Waals surface area contributed by atoms with Crippen molar-refractivity contribution in [2.45, 2.75) is 13.8 Å². The quantitative estimate of drug-likeness (QED) is 0.705. The number of nitrogens with zero attached hydrogens (tertiary/aromatic N) is 1. The van der Waals surface area contributed by atoms with Crippen LogP contribution in [0.15, 0.2) is 63.7 Å². The van der Waals surface area contributed by atoms with Gasteiger partial charge in [-0.05, 0) is 61.4 Å². The first-order chi connectivity index (χ1) is 13.4. The van der Waals surface area contributed by atoms with E-state index in [1.165, 1.54) is 18.2 Å². The maximum absolute atomic E-state index is 13.5. The van der Waals surface area contributed by atoms with Gasteiger partial charge in [0.05, 0.1) is 17.2 Å². The molecular weight excluding hydrogens is 381 g/mol. The summed E-state index contributed by atoms with van der Waals surface area (Å²) < 4.78 is 18.5. The van der Waals surface area contributed by atoms with Crippen LogP contribution >= 0.6 is 11.8 Å². The lowest BCUT2D eigenvalue weighted by Gasteiger charge is -2.03. The number of aliphatic hydroxyl groups is 1. The van der Waals surface area contributed by atoms with Crippen LogP contribution in [0.2, 0.25) is 0 Å². The molecule has 2 aromatic carbocycles. The van der Waals surface area contributed by atoms with Gasteiger partial charge in [0.1, 0.15) is 27.9 Å². The molecule has 1 heterocycles. The summed E-state index contributed by atoms with van der Waals surface area (Å²) in [5, 5.41) is 20.5. The third-order valence-electron chi connectivity index (χ3n) is 3.93. The second-order valence-corrected chi connectivity index (χ2v) is 7.03. The Labute approximate surface area is 165 Å². The number of phenolic OH excluding ortho intramolecular Hbond substituents is 1. The molecule has 2 aromatic rings. The van der Waals surface area contributed by atoms with E-state index in [4.69, 9.17) is 4.74 Å². The van der Waals surface area contributed by atoms with Crippen molar-refractivity contribution in [2.24, 2.45) is 4.99 Å². The van der Waals surface area contributed by atoms with Gasteiger partial charge in [-0.1, -0.05) is 23.9 Å². The monoisotopic (exact) mass is 399 g/mol. The van der Waals surface area contributed by atoms with E-state index < -0.39 is 11.8 Å². The fourth-order valence-electron chi connectivity index (χ4n) is 2.57. The number of phenols is 1. The molecule has 0 saturated carbocycles. The summed E-state index contributed by atoms with van der Waals surface area (Å²) in [4.78, 5) is 17.1. The van der Waals surface area contributed by atoms with E-state index in [1.54, 1.807) is 44.2 Å². The lowest BCUT2D eigenvalue weighted by atomic mass is 10.1. The summed E-state index contributed by atoms with van der Waals surface area (Å²) >= 11 is 1.09. The van der Waals surface area contributed by atoms with Gasteiger partial charge in [0.25, 0.3) is 0 Å². The Morgan fingerprint density at radius 1 is 1.25 bits per heavy atom. The van der Waals surface area contributed by atoms with Gasteiger partial charge in [-0.15, -0.1) is 0 Å². The highest BCUT2D eigenvalue weighted by atomic mass is 32.2. The topological polar surface area (TPSA) is 79.1 Å². The Balaban J connectivity index is 2.05. The highest BCUT2D eigenvalue weighted by Gasteiger charge is 2.33. The molecule has 0 saturated heterocycles. The molecule has 0 aliphatic carbocycles. The van der Waals surface area contributed by atoms with Gasteiger partial charge >= 0.3 is 5.97 Å². The molecule has 0 amide bonds. The van der Waals surface area contributed by atoms with Crippen LogP contribution in [0.25, 0.3) is 6.08 Å². The van der Waals surface area contributed by atoms with Crippen molar-refractivity contribution in [3.05, 3.63) is 75.6 Å². The van der Waals surface area contributed by atoms with Crippen molar-refractivity contribution >= 4 is 34.5 Å². The molecule has 7 heteroatoms. The van der Waals surface area contributed by atoms with Crippen molar-refractivity contribution in [1.29, 1.82) is 0 Å². The maximum atomic E-state index is 13.5. The molecular formula is C21H18FNO4S. The Bertz CT molecular complexity index is 1030. The molecule has 0 spiro atoms. The average Bonchev–Trinajstić information content (AvgIpc) is 2.93. The molecule has 0 aromatic heterocycles. The van der Waals surface area contributed by atoms with Crippen molar-refractivity contribution < 1.29 is 24.1 Å². The predicted molar refractivity (Wildman–Crippen MR) is 108 cm³/mol. The van der Waals surface area contributed by atoms with E-state index in [2.05, 4.69) is 4.99 Å². The van der Waals surface area contributed by atoms with Gasteiger partial charge in [-0.3, -0.25) is 0 Å². The lowest BCUT2D eigenvalue weighted by molar-refractivity contribution is -0.138. The zero-order chi connectivity index (χ0) is 20.3. The minimum absolute atomic E-state index is 0.0575. The van der Waals surface area contributed by atoms with E-state index >= 15 is 0 Å². The number of benzene rings is 2. The number of aromatic hydroxyl groups is 1. The number of aliphatic imine (C=N–C) groups is 1. The van der Waals surface area contributed by atoms with E-state index in [-0.39, 0.29) is 28.7 Å². The summed E-state index contributed by atoms with van der Waals surface area (Å²) in [5.41, 5.74) is 1.68. The number of aliphatic hydroxyl groups excluding tert-OH is 1. The molecule has 3 rings (SSSR count). The Hall–Kier alpha value is -3.06. The van der Waals surface area contributed by atoms with Crippen LogP contribution in [-0.4, -0.2) is 27.8 Å². The molecule has 0 radical (unpaired) electrons. The fraction of sp³-hybridized carbons (Fsp3) is 0.143. The second kappa shape index (κ2) is 8.31. The average molecular weight is 399 g/mol. The Morgan fingerprint density at radius 3 is 2.71 bits per heavy atom. The van der Waals surface area contributed by atoms with Gasteiger partial charge in [0, 0.05) is 0 Å². The third-order valence-corrected chi connectivity index (χ3v) is 4.95. The van der Waals surface area contributed by atoms with Crippen molar-refractivity contribution in [3.8, 4) is 5.75 Å². The standard InChI is InChI=1S/C21H18FNO4S/c1-3-27-21(26)18-19(25)17(10-13-7-8-16(24)12(2)9-13)28-20(18)23-15-6-4-5-14(22)11-15/h4-11,24-25H,3H2,1-2H3. The Kier molecular flexibility index (Phi) is 5.84. The van der Waals surface area contributed by atoms with Crippen molar-refractivity contribution in [3.63, 3.8) is 0 Å². The highest BCUT2D eigenvalue weighted by molar-refractivity contribution is 8.18. The lowest BCUT2D eigenvalue weighted by Crippen LogP contribution is -2.12. The summed E-state index contributed by atoms with van der Waals surface area (Å²) in [6.07, 6.45) is 1.68. The number of rotatable bonds is 4. The summed E-state index contributed by atoms with van der Waals surface area (Å²) in [6.45, 7) is 3.57. The van der Waals surface area contributed by atoms with Gasteiger partial charge in [0.15, 0.2) is 0 Å². The number of halogens is 1. The van der Waals surface area contributed by atoms with Crippen molar-refractivity contribution in [1.82, 2.24) is 0 Å². The van der Waals surface area contributed by atoms with Gasteiger partial charge in [-0.25, -0.2) is 14.2 Å². The first kappa shape index (κ1) is 19.7. The minimum atomic E-state index is -0.701. The maximum Gasteiger partial charge on any atom is 0.344 e. The first-order valence-corrected chi connectivity index (χ1v) is 9.35. The summed E-state index contributed by atoms with van der Waals surface area (Å²) in [5.74, 6) is -1.23. The minimum Gasteiger partial charge on any atom is -0.508 e. The summed E-state index contributed by atoms with van der Waals surface area (Å²) in [7, 11) is 0. The van der Waals surface area contributed by atoms with Crippen LogP contribution in [0.5, 0.6) is 5.75 Å². The van der Waals surface area contributed by atoms with Crippen LogP contribution in [-0.2, 0) is 9.53 Å². The number of aryl methyl sites for hydroxylation is 1. The number of thioether (sulfide) groups is 1.